The quantitative estimate of drug-likeness (QED) is 0.365. The summed E-state index contributed by atoms with van der Waals surface area (Å²) in [6.07, 6.45) is 5.45. The lowest BCUT2D eigenvalue weighted by Gasteiger charge is -2.31. The Bertz CT molecular complexity index is 649. The molecule has 1 rings (SSSR count). The number of amides is 3. The van der Waals surface area contributed by atoms with Gasteiger partial charge in [-0.3, -0.25) is 14.4 Å². The van der Waals surface area contributed by atoms with Crippen LogP contribution in [-0.4, -0.2) is 59.7 Å². The number of terminal acetylenes is 1. The molecule has 1 fully saturated rings. The number of nitrogens with zero attached hydrogens (tertiary/aromatic N) is 1. The van der Waals surface area contributed by atoms with E-state index in [9.17, 15) is 19.2 Å². The van der Waals surface area contributed by atoms with E-state index in [2.05, 4.69) is 11.2 Å². The summed E-state index contributed by atoms with van der Waals surface area (Å²) in [5.74, 6) is 0.170. The van der Waals surface area contributed by atoms with Crippen LogP contribution in [-0.2, 0) is 33.5 Å². The summed E-state index contributed by atoms with van der Waals surface area (Å²) in [5.41, 5.74) is -1.02. The molecule has 176 valence electrons. The van der Waals surface area contributed by atoms with Crippen LogP contribution in [0.1, 0.15) is 73.6 Å². The molecule has 1 aliphatic heterocycles. The lowest BCUT2D eigenvalue weighted by Crippen LogP contribution is -2.39. The number of hydroxylamine groups is 2. The largest absolute Gasteiger partial charge is 0.373 e. The predicted molar refractivity (Wildman–Crippen MR) is 114 cm³/mol. The van der Waals surface area contributed by atoms with Gasteiger partial charge in [0.25, 0.3) is 11.8 Å². The number of hydrogen-bond acceptors (Lipinski definition) is 7. The number of nitrogens with one attached hydrogen (secondary N) is 1. The van der Waals surface area contributed by atoms with Crippen molar-refractivity contribution in [2.24, 2.45) is 0 Å². The molecule has 0 bridgehead atoms. The Kier molecular flexibility index (Phi) is 12.7. The minimum atomic E-state index is -0.804. The highest BCUT2D eigenvalue weighted by molar-refractivity contribution is 6.01. The first-order valence-corrected chi connectivity index (χ1v) is 10.5. The summed E-state index contributed by atoms with van der Waals surface area (Å²) in [6, 6.07) is 0. The van der Waals surface area contributed by atoms with E-state index in [1.807, 2.05) is 41.5 Å². The molecule has 0 aromatic heterocycles. The SMILES string of the molecule is C#CCOC(C)(C)COC(C)(C)CCNC(=O)CCC(=O)ON1C(=O)CCC1=O.CC. The maximum absolute atomic E-state index is 11.9. The van der Waals surface area contributed by atoms with Gasteiger partial charge in [-0.05, 0) is 34.1 Å². The molecule has 1 saturated heterocycles. The van der Waals surface area contributed by atoms with Crippen LogP contribution in [0.4, 0.5) is 0 Å². The van der Waals surface area contributed by atoms with E-state index < -0.39 is 29.0 Å². The summed E-state index contributed by atoms with van der Waals surface area (Å²) < 4.78 is 11.4. The highest BCUT2D eigenvalue weighted by Gasteiger charge is 2.32. The molecule has 3 amide bonds. The normalized spacial score (nSPS) is 13.9. The van der Waals surface area contributed by atoms with Crippen LogP contribution in [0.2, 0.25) is 0 Å². The lowest BCUT2D eigenvalue weighted by atomic mass is 10.0. The van der Waals surface area contributed by atoms with E-state index in [0.717, 1.165) is 0 Å². The van der Waals surface area contributed by atoms with Gasteiger partial charge in [0.2, 0.25) is 5.91 Å². The number of carbonyl (C=O) groups is 4. The molecule has 31 heavy (non-hydrogen) atoms. The van der Waals surface area contributed by atoms with E-state index in [0.29, 0.717) is 24.6 Å². The number of ether oxygens (including phenoxy) is 2. The highest BCUT2D eigenvalue weighted by Crippen LogP contribution is 2.19. The van der Waals surface area contributed by atoms with Gasteiger partial charge >= 0.3 is 5.97 Å². The van der Waals surface area contributed by atoms with Gasteiger partial charge in [0.1, 0.15) is 6.61 Å². The molecule has 9 heteroatoms. The van der Waals surface area contributed by atoms with E-state index in [1.165, 1.54) is 0 Å². The van der Waals surface area contributed by atoms with E-state index >= 15 is 0 Å². The standard InChI is InChI=1S/C20H30N2O7.C2H6/c1-6-13-27-20(4,5)14-28-19(2,3)11-12-21-15(23)7-10-18(26)29-22-16(24)8-9-17(22)25;1-2/h1H,7-14H2,2-5H3,(H,21,23);1-2H3. The van der Waals surface area contributed by atoms with Crippen LogP contribution in [0.15, 0.2) is 0 Å². The number of hydrogen-bond donors (Lipinski definition) is 1. The van der Waals surface area contributed by atoms with Crippen molar-refractivity contribution >= 4 is 23.7 Å². The summed E-state index contributed by atoms with van der Waals surface area (Å²) in [5, 5.41) is 3.17. The Balaban J connectivity index is 0.00000436. The Morgan fingerprint density at radius 2 is 1.61 bits per heavy atom. The Hall–Kier alpha value is -2.44. The lowest BCUT2D eigenvalue weighted by molar-refractivity contribution is -0.197. The second kappa shape index (κ2) is 13.8. The molecule has 0 spiro atoms. The van der Waals surface area contributed by atoms with Gasteiger partial charge in [0.05, 0.1) is 24.2 Å². The van der Waals surface area contributed by atoms with Gasteiger partial charge in [-0.2, -0.15) is 0 Å². The first-order valence-electron chi connectivity index (χ1n) is 10.5. The second-order valence-corrected chi connectivity index (χ2v) is 7.95. The monoisotopic (exact) mass is 440 g/mol. The molecule has 0 aromatic rings. The fraction of sp³-hybridized carbons (Fsp3) is 0.727. The molecule has 1 heterocycles. The van der Waals surface area contributed by atoms with Crippen molar-refractivity contribution in [3.05, 3.63) is 0 Å². The first-order chi connectivity index (χ1) is 14.5. The Morgan fingerprint density at radius 3 is 2.16 bits per heavy atom. The van der Waals surface area contributed by atoms with E-state index in [4.69, 9.17) is 20.7 Å². The van der Waals surface area contributed by atoms with Crippen molar-refractivity contribution in [3.63, 3.8) is 0 Å². The molecule has 0 saturated carbocycles. The maximum atomic E-state index is 11.9. The molecule has 0 unspecified atom stereocenters. The third-order valence-electron chi connectivity index (χ3n) is 4.16. The zero-order valence-corrected chi connectivity index (χ0v) is 19.5. The molecule has 0 radical (unpaired) electrons. The third-order valence-corrected chi connectivity index (χ3v) is 4.16. The zero-order valence-electron chi connectivity index (χ0n) is 19.5. The summed E-state index contributed by atoms with van der Waals surface area (Å²) in [4.78, 5) is 51.0. The van der Waals surface area contributed by atoms with Crippen molar-refractivity contribution in [1.29, 1.82) is 0 Å². The summed E-state index contributed by atoms with van der Waals surface area (Å²) in [7, 11) is 0. The van der Waals surface area contributed by atoms with Crippen LogP contribution < -0.4 is 5.32 Å². The fourth-order valence-corrected chi connectivity index (χ4v) is 2.33. The van der Waals surface area contributed by atoms with Crippen LogP contribution >= 0.6 is 0 Å². The predicted octanol–water partition coefficient (Wildman–Crippen LogP) is 2.13. The Morgan fingerprint density at radius 1 is 1.03 bits per heavy atom. The van der Waals surface area contributed by atoms with Gasteiger partial charge in [0, 0.05) is 25.8 Å². The highest BCUT2D eigenvalue weighted by atomic mass is 16.7. The zero-order chi connectivity index (χ0) is 24.1. The molecule has 0 atom stereocenters. The minimum absolute atomic E-state index is 0.0255. The smallest absolute Gasteiger partial charge is 0.333 e. The van der Waals surface area contributed by atoms with Crippen LogP contribution in [0.25, 0.3) is 0 Å². The topological polar surface area (TPSA) is 111 Å². The van der Waals surface area contributed by atoms with Gasteiger partial charge in [-0.25, -0.2) is 4.79 Å². The average Bonchev–Trinajstić information content (AvgIpc) is 3.03. The molecule has 9 nitrogen and oxygen atoms in total. The van der Waals surface area contributed by atoms with Gasteiger partial charge < -0.3 is 19.6 Å². The van der Waals surface area contributed by atoms with Crippen LogP contribution in [0.5, 0.6) is 0 Å². The van der Waals surface area contributed by atoms with E-state index in [-0.39, 0.29) is 38.2 Å². The Labute approximate surface area is 185 Å². The number of rotatable bonds is 12. The van der Waals surface area contributed by atoms with E-state index in [1.54, 1.807) is 0 Å². The fourth-order valence-electron chi connectivity index (χ4n) is 2.33. The summed E-state index contributed by atoms with van der Waals surface area (Å²) >= 11 is 0. The molecule has 1 N–H and O–H groups in total. The third kappa shape index (κ3) is 12.1. The van der Waals surface area contributed by atoms with Crippen molar-refractivity contribution in [2.75, 3.05) is 19.8 Å². The molecule has 0 aliphatic carbocycles. The van der Waals surface area contributed by atoms with Crippen molar-refractivity contribution < 1.29 is 33.5 Å². The number of imide groups is 1. The van der Waals surface area contributed by atoms with Crippen molar-refractivity contribution in [1.82, 2.24) is 10.4 Å². The van der Waals surface area contributed by atoms with Crippen molar-refractivity contribution in [3.8, 4) is 12.3 Å². The van der Waals surface area contributed by atoms with Crippen LogP contribution in [0.3, 0.4) is 0 Å². The first kappa shape index (κ1) is 28.6. The molecule has 1 aliphatic rings. The molecule has 0 aromatic carbocycles. The molecular formula is C22H36N2O7. The van der Waals surface area contributed by atoms with Gasteiger partial charge in [-0.1, -0.05) is 19.8 Å². The van der Waals surface area contributed by atoms with Crippen LogP contribution in [0, 0.1) is 12.3 Å². The van der Waals surface area contributed by atoms with Gasteiger partial charge in [0.15, 0.2) is 0 Å². The number of carbonyl (C=O) groups excluding carboxylic acids is 4. The van der Waals surface area contributed by atoms with Gasteiger partial charge in [-0.15, -0.1) is 11.5 Å². The minimum Gasteiger partial charge on any atom is -0.373 e. The summed E-state index contributed by atoms with van der Waals surface area (Å²) in [6.45, 7) is 12.5. The van der Waals surface area contributed by atoms with Crippen molar-refractivity contribution in [2.45, 2.75) is 84.8 Å². The second-order valence-electron chi connectivity index (χ2n) is 7.95. The molecular weight excluding hydrogens is 404 g/mol. The average molecular weight is 441 g/mol. The maximum Gasteiger partial charge on any atom is 0.333 e.